The molecule has 1 saturated heterocycles. The lowest BCUT2D eigenvalue weighted by Gasteiger charge is -2.32. The van der Waals surface area contributed by atoms with Crippen LogP contribution in [-0.4, -0.2) is 53.3 Å². The Kier molecular flexibility index (Phi) is 5.73. The molecule has 1 aliphatic rings. The van der Waals surface area contributed by atoms with Crippen LogP contribution in [0, 0.1) is 0 Å². The summed E-state index contributed by atoms with van der Waals surface area (Å²) in [4.78, 5) is 0. The first-order valence-corrected chi connectivity index (χ1v) is 9.93. The minimum Gasteiger partial charge on any atom is -0.492 e. The van der Waals surface area contributed by atoms with Crippen molar-refractivity contribution in [1.82, 2.24) is 0 Å². The lowest BCUT2D eigenvalue weighted by Crippen LogP contribution is -2.41. The second kappa shape index (κ2) is 7.15. The van der Waals surface area contributed by atoms with Gasteiger partial charge in [-0.3, -0.25) is 4.72 Å². The van der Waals surface area contributed by atoms with Gasteiger partial charge >= 0.3 is 7.12 Å². The molecule has 1 N–H and O–H groups in total. The first-order chi connectivity index (χ1) is 11.5. The third kappa shape index (κ3) is 4.87. The number of rotatable bonds is 7. The van der Waals surface area contributed by atoms with Crippen molar-refractivity contribution in [3.05, 3.63) is 18.2 Å². The van der Waals surface area contributed by atoms with Crippen LogP contribution < -0.4 is 14.9 Å². The van der Waals surface area contributed by atoms with E-state index in [4.69, 9.17) is 18.8 Å². The van der Waals surface area contributed by atoms with E-state index in [9.17, 15) is 8.42 Å². The number of ether oxygens (including phenoxy) is 2. The van der Waals surface area contributed by atoms with Crippen LogP contribution in [0.4, 0.5) is 5.69 Å². The van der Waals surface area contributed by atoms with Gasteiger partial charge in [-0.05, 0) is 45.9 Å². The summed E-state index contributed by atoms with van der Waals surface area (Å²) in [7, 11) is -2.46. The molecule has 0 saturated carbocycles. The van der Waals surface area contributed by atoms with Gasteiger partial charge in [-0.1, -0.05) is 0 Å². The molecule has 140 valence electrons. The fourth-order valence-electron chi connectivity index (χ4n) is 2.35. The summed E-state index contributed by atoms with van der Waals surface area (Å²) in [5, 5.41) is 0. The van der Waals surface area contributed by atoms with Crippen molar-refractivity contribution in [3.63, 3.8) is 0 Å². The van der Waals surface area contributed by atoms with Crippen LogP contribution in [0.25, 0.3) is 0 Å². The topological polar surface area (TPSA) is 83.1 Å². The van der Waals surface area contributed by atoms with Crippen LogP contribution in [0.15, 0.2) is 18.2 Å². The molecule has 0 radical (unpaired) electrons. The molecule has 25 heavy (non-hydrogen) atoms. The van der Waals surface area contributed by atoms with E-state index in [0.29, 0.717) is 30.1 Å². The van der Waals surface area contributed by atoms with E-state index in [1.807, 2.05) is 27.7 Å². The van der Waals surface area contributed by atoms with Crippen molar-refractivity contribution in [2.45, 2.75) is 38.9 Å². The lowest BCUT2D eigenvalue weighted by atomic mass is 9.78. The van der Waals surface area contributed by atoms with E-state index in [1.165, 1.54) is 0 Å². The number of nitrogens with one attached hydrogen (secondary N) is 1. The number of benzene rings is 1. The molecule has 0 aliphatic carbocycles. The Morgan fingerprint density at radius 3 is 2.24 bits per heavy atom. The molecule has 1 aromatic rings. The summed E-state index contributed by atoms with van der Waals surface area (Å²) in [5.41, 5.74) is 0.0263. The lowest BCUT2D eigenvalue weighted by molar-refractivity contribution is 0.00578. The smallest absolute Gasteiger partial charge is 0.492 e. The monoisotopic (exact) mass is 371 g/mol. The van der Waals surface area contributed by atoms with Crippen molar-refractivity contribution in [2.24, 2.45) is 0 Å². The number of sulfonamides is 1. The maximum absolute atomic E-state index is 11.5. The van der Waals surface area contributed by atoms with Gasteiger partial charge in [0.2, 0.25) is 10.0 Å². The number of methoxy groups -OCH3 is 1. The van der Waals surface area contributed by atoms with E-state index >= 15 is 0 Å². The fraction of sp³-hybridized carbons (Fsp3) is 0.625. The van der Waals surface area contributed by atoms with Gasteiger partial charge in [0.15, 0.2) is 0 Å². The normalized spacial score (nSPS) is 19.0. The first kappa shape index (κ1) is 20.0. The molecule has 1 aliphatic heterocycles. The van der Waals surface area contributed by atoms with E-state index < -0.39 is 28.3 Å². The van der Waals surface area contributed by atoms with Gasteiger partial charge in [-0.2, -0.15) is 0 Å². The van der Waals surface area contributed by atoms with Crippen molar-refractivity contribution in [1.29, 1.82) is 0 Å². The van der Waals surface area contributed by atoms with Crippen LogP contribution in [-0.2, 0) is 24.1 Å². The molecule has 1 aromatic carbocycles. The molecule has 2 rings (SSSR count). The number of anilines is 1. The Labute approximate surface area is 150 Å². The highest BCUT2D eigenvalue weighted by Gasteiger charge is 2.52. The van der Waals surface area contributed by atoms with Crippen LogP contribution in [0.5, 0.6) is 5.75 Å². The highest BCUT2D eigenvalue weighted by molar-refractivity contribution is 7.92. The van der Waals surface area contributed by atoms with Gasteiger partial charge in [-0.15, -0.1) is 0 Å². The Morgan fingerprint density at radius 2 is 1.72 bits per heavy atom. The molecule has 0 atom stereocenters. The van der Waals surface area contributed by atoms with Crippen molar-refractivity contribution in [2.75, 3.05) is 31.3 Å². The van der Waals surface area contributed by atoms with Crippen LogP contribution >= 0.6 is 0 Å². The largest absolute Gasteiger partial charge is 0.498 e. The Balaban J connectivity index is 2.36. The first-order valence-electron chi connectivity index (χ1n) is 8.04. The highest BCUT2D eigenvalue weighted by atomic mass is 32.2. The SMILES string of the molecule is COCCOc1ccc(NS(C)(=O)=O)cc1B1OC(C)(C)C(C)(C)O1. The van der Waals surface area contributed by atoms with E-state index in [2.05, 4.69) is 4.72 Å². The zero-order valence-corrected chi connectivity index (χ0v) is 16.4. The maximum Gasteiger partial charge on any atom is 0.498 e. The second-order valence-corrected chi connectivity index (χ2v) is 8.80. The quantitative estimate of drug-likeness (QED) is 0.576. The minimum atomic E-state index is -3.39. The van der Waals surface area contributed by atoms with Gasteiger partial charge in [0.1, 0.15) is 12.4 Å². The van der Waals surface area contributed by atoms with Crippen molar-refractivity contribution < 1.29 is 27.2 Å². The Morgan fingerprint density at radius 1 is 1.12 bits per heavy atom. The number of hydrogen-bond donors (Lipinski definition) is 1. The van der Waals surface area contributed by atoms with Gasteiger partial charge in [0, 0.05) is 18.3 Å². The third-order valence-electron chi connectivity index (χ3n) is 4.37. The van der Waals surface area contributed by atoms with Gasteiger partial charge in [0.25, 0.3) is 0 Å². The fourth-order valence-corrected chi connectivity index (χ4v) is 2.90. The van der Waals surface area contributed by atoms with E-state index in [-0.39, 0.29) is 0 Å². The molecule has 9 heteroatoms. The van der Waals surface area contributed by atoms with Gasteiger partial charge in [-0.25, -0.2) is 8.42 Å². The summed E-state index contributed by atoms with van der Waals surface area (Å²) in [6, 6.07) is 5.01. The molecule has 0 spiro atoms. The molecule has 1 heterocycles. The van der Waals surface area contributed by atoms with Crippen LogP contribution in [0.2, 0.25) is 0 Å². The van der Waals surface area contributed by atoms with Crippen LogP contribution in [0.1, 0.15) is 27.7 Å². The standard InChI is InChI=1S/C16H26BNO6S/c1-15(2)16(3,4)24-17(23-15)13-11-12(18-25(6,19)20)7-8-14(13)22-10-9-21-5/h7-8,11,18H,9-10H2,1-6H3. The molecule has 0 bridgehead atoms. The second-order valence-electron chi connectivity index (χ2n) is 7.06. The average molecular weight is 371 g/mol. The molecular weight excluding hydrogens is 345 g/mol. The molecule has 0 amide bonds. The zero-order valence-electron chi connectivity index (χ0n) is 15.6. The van der Waals surface area contributed by atoms with Crippen molar-refractivity contribution >= 4 is 28.3 Å². The highest BCUT2D eigenvalue weighted by Crippen LogP contribution is 2.37. The predicted octanol–water partition coefficient (Wildman–Crippen LogP) is 1.38. The molecule has 0 unspecified atom stereocenters. The molecule has 7 nitrogen and oxygen atoms in total. The maximum atomic E-state index is 11.5. The summed E-state index contributed by atoms with van der Waals surface area (Å²) in [6.07, 6.45) is 1.10. The minimum absolute atomic E-state index is 0.363. The summed E-state index contributed by atoms with van der Waals surface area (Å²) >= 11 is 0. The third-order valence-corrected chi connectivity index (χ3v) is 4.97. The van der Waals surface area contributed by atoms with Gasteiger partial charge in [0.05, 0.1) is 24.1 Å². The van der Waals surface area contributed by atoms with Gasteiger partial charge < -0.3 is 18.8 Å². The summed E-state index contributed by atoms with van der Waals surface area (Å²) in [5.74, 6) is 0.564. The molecular formula is C16H26BNO6S. The zero-order chi connectivity index (χ0) is 18.9. The van der Waals surface area contributed by atoms with Crippen molar-refractivity contribution in [3.8, 4) is 5.75 Å². The van der Waals surface area contributed by atoms with E-state index in [0.717, 1.165) is 6.26 Å². The summed E-state index contributed by atoms with van der Waals surface area (Å²) in [6.45, 7) is 8.62. The Bertz CT molecular complexity index is 703. The molecule has 0 aromatic heterocycles. The predicted molar refractivity (Wildman–Crippen MR) is 98.0 cm³/mol. The van der Waals surface area contributed by atoms with Crippen LogP contribution in [0.3, 0.4) is 0 Å². The number of hydrogen-bond acceptors (Lipinski definition) is 6. The average Bonchev–Trinajstić information content (AvgIpc) is 2.67. The Hall–Kier alpha value is -1.29. The summed E-state index contributed by atoms with van der Waals surface area (Å²) < 4.78 is 48.4. The van der Waals surface area contributed by atoms with E-state index in [1.54, 1.807) is 25.3 Å². The molecule has 1 fully saturated rings.